The molecule has 1 unspecified atom stereocenters. The van der Waals surface area contributed by atoms with Crippen molar-refractivity contribution in [2.45, 2.75) is 23.8 Å². The van der Waals surface area contributed by atoms with Crippen LogP contribution in [0.4, 0.5) is 0 Å². The van der Waals surface area contributed by atoms with Gasteiger partial charge in [-0.2, -0.15) is 4.31 Å². The minimum Gasteiger partial charge on any atom is -0.379 e. The smallest absolute Gasteiger partial charge is 0.251 e. The molecule has 2 fully saturated rings. The monoisotopic (exact) mass is 461 g/mol. The zero-order valence-electron chi connectivity index (χ0n) is 16.6. The lowest BCUT2D eigenvalue weighted by molar-refractivity contribution is 0.0730. The first-order valence-corrected chi connectivity index (χ1v) is 12.9. The quantitative estimate of drug-likeness (QED) is 0.509. The van der Waals surface area contributed by atoms with Crippen molar-refractivity contribution in [3.05, 3.63) is 29.8 Å². The molecular formula is C18H27N3O7S2. The average molecular weight is 462 g/mol. The molecule has 0 bridgehead atoms. The van der Waals surface area contributed by atoms with E-state index < -0.39 is 26.0 Å². The molecule has 2 heterocycles. The van der Waals surface area contributed by atoms with Crippen LogP contribution in [-0.4, -0.2) is 84.9 Å². The van der Waals surface area contributed by atoms with Crippen LogP contribution in [-0.2, 0) is 29.5 Å². The van der Waals surface area contributed by atoms with Gasteiger partial charge in [0.15, 0.2) is 0 Å². The highest BCUT2D eigenvalue weighted by atomic mass is 32.2. The number of hydrogen-bond donors (Lipinski definition) is 2. The van der Waals surface area contributed by atoms with Gasteiger partial charge in [0, 0.05) is 38.3 Å². The van der Waals surface area contributed by atoms with E-state index in [-0.39, 0.29) is 35.4 Å². The Balaban J connectivity index is 1.49. The van der Waals surface area contributed by atoms with Gasteiger partial charge in [0.2, 0.25) is 20.0 Å². The van der Waals surface area contributed by atoms with Crippen molar-refractivity contribution in [2.24, 2.45) is 0 Å². The highest BCUT2D eigenvalue weighted by molar-refractivity contribution is 7.89. The minimum atomic E-state index is -3.70. The number of benzene rings is 1. The predicted molar refractivity (Wildman–Crippen MR) is 109 cm³/mol. The first-order chi connectivity index (χ1) is 14.3. The Hall–Kier alpha value is -1.57. The average Bonchev–Trinajstić information content (AvgIpc) is 3.27. The van der Waals surface area contributed by atoms with Crippen molar-refractivity contribution in [1.82, 2.24) is 14.3 Å². The first kappa shape index (κ1) is 23.1. The summed E-state index contributed by atoms with van der Waals surface area (Å²) in [6, 6.07) is 5.48. The third-order valence-corrected chi connectivity index (χ3v) is 8.27. The van der Waals surface area contributed by atoms with Crippen molar-refractivity contribution in [1.29, 1.82) is 0 Å². The molecule has 2 aliphatic heterocycles. The SMILES string of the molecule is O=C(NCCS(=O)(=O)N1CCOCC1)c1ccc(S(=O)(=O)NCC2CCCO2)cc1. The van der Waals surface area contributed by atoms with Gasteiger partial charge >= 0.3 is 0 Å². The van der Waals surface area contributed by atoms with E-state index in [4.69, 9.17) is 9.47 Å². The first-order valence-electron chi connectivity index (χ1n) is 9.83. The molecule has 168 valence electrons. The molecule has 2 N–H and O–H groups in total. The molecule has 12 heteroatoms. The van der Waals surface area contributed by atoms with E-state index in [1.54, 1.807) is 0 Å². The van der Waals surface area contributed by atoms with Gasteiger partial charge in [-0.05, 0) is 37.1 Å². The van der Waals surface area contributed by atoms with E-state index in [1.165, 1.54) is 28.6 Å². The molecule has 0 spiro atoms. The normalized spacial score (nSPS) is 20.9. The Labute approximate surface area is 177 Å². The number of hydrogen-bond acceptors (Lipinski definition) is 7. The number of rotatable bonds is 9. The summed E-state index contributed by atoms with van der Waals surface area (Å²) in [5, 5.41) is 2.56. The van der Waals surface area contributed by atoms with E-state index in [9.17, 15) is 21.6 Å². The molecule has 2 aliphatic rings. The van der Waals surface area contributed by atoms with Gasteiger partial charge in [0.25, 0.3) is 5.91 Å². The van der Waals surface area contributed by atoms with Gasteiger partial charge in [-0.25, -0.2) is 21.6 Å². The lowest BCUT2D eigenvalue weighted by atomic mass is 10.2. The van der Waals surface area contributed by atoms with Gasteiger partial charge < -0.3 is 14.8 Å². The molecule has 10 nitrogen and oxygen atoms in total. The standard InChI is InChI=1S/C18H27N3O7S2/c22-18(19-7-13-29(23,24)21-8-11-27-12-9-21)15-3-5-17(6-4-15)30(25,26)20-14-16-2-1-10-28-16/h3-6,16,20H,1-2,7-14H2,(H,19,22). The molecule has 1 aromatic rings. The summed E-state index contributed by atoms with van der Waals surface area (Å²) in [7, 11) is -7.16. The summed E-state index contributed by atoms with van der Waals surface area (Å²) in [6.45, 7) is 2.17. The van der Waals surface area contributed by atoms with E-state index in [0.29, 0.717) is 32.9 Å². The fraction of sp³-hybridized carbons (Fsp3) is 0.611. The molecule has 0 aromatic heterocycles. The van der Waals surface area contributed by atoms with Gasteiger partial charge in [-0.1, -0.05) is 0 Å². The Morgan fingerprint density at radius 2 is 1.77 bits per heavy atom. The second-order valence-electron chi connectivity index (χ2n) is 7.09. The number of carbonyl (C=O) groups is 1. The van der Waals surface area contributed by atoms with Crippen molar-refractivity contribution in [3.8, 4) is 0 Å². The van der Waals surface area contributed by atoms with Crippen LogP contribution in [0.5, 0.6) is 0 Å². The number of ether oxygens (including phenoxy) is 2. The zero-order chi connectivity index (χ0) is 21.6. The van der Waals surface area contributed by atoms with Crippen LogP contribution in [0.2, 0.25) is 0 Å². The molecule has 1 atom stereocenters. The number of nitrogens with one attached hydrogen (secondary N) is 2. The molecule has 0 aliphatic carbocycles. The number of nitrogens with zero attached hydrogens (tertiary/aromatic N) is 1. The van der Waals surface area contributed by atoms with E-state index in [1.807, 2.05) is 0 Å². The third-order valence-electron chi connectivity index (χ3n) is 4.96. The van der Waals surface area contributed by atoms with Gasteiger partial charge in [0.05, 0.1) is 30.0 Å². The maximum atomic E-state index is 12.4. The molecular weight excluding hydrogens is 434 g/mol. The van der Waals surface area contributed by atoms with Crippen LogP contribution in [0.1, 0.15) is 23.2 Å². The summed E-state index contributed by atoms with van der Waals surface area (Å²) in [6.07, 6.45) is 1.63. The Morgan fingerprint density at radius 1 is 1.07 bits per heavy atom. The molecule has 1 aromatic carbocycles. The molecule has 2 saturated heterocycles. The summed E-state index contributed by atoms with van der Waals surface area (Å²) in [5.74, 6) is -0.679. The van der Waals surface area contributed by atoms with Crippen LogP contribution in [0, 0.1) is 0 Å². The third kappa shape index (κ3) is 6.22. The van der Waals surface area contributed by atoms with Gasteiger partial charge in [-0.3, -0.25) is 4.79 Å². The minimum absolute atomic E-state index is 0.0402. The lowest BCUT2D eigenvalue weighted by Gasteiger charge is -2.26. The summed E-state index contributed by atoms with van der Waals surface area (Å²) in [5.41, 5.74) is 0.247. The lowest BCUT2D eigenvalue weighted by Crippen LogP contribution is -2.43. The number of carbonyl (C=O) groups excluding carboxylic acids is 1. The van der Waals surface area contributed by atoms with Crippen molar-refractivity contribution < 1.29 is 31.1 Å². The van der Waals surface area contributed by atoms with Gasteiger partial charge in [-0.15, -0.1) is 0 Å². The van der Waals surface area contributed by atoms with Crippen LogP contribution in [0.15, 0.2) is 29.2 Å². The molecule has 0 radical (unpaired) electrons. The van der Waals surface area contributed by atoms with Crippen molar-refractivity contribution in [3.63, 3.8) is 0 Å². The van der Waals surface area contributed by atoms with Crippen LogP contribution in [0.3, 0.4) is 0 Å². The number of sulfonamides is 2. The summed E-state index contributed by atoms with van der Waals surface area (Å²) in [4.78, 5) is 12.3. The second-order valence-corrected chi connectivity index (χ2v) is 11.0. The second kappa shape index (κ2) is 10.2. The maximum absolute atomic E-state index is 12.4. The van der Waals surface area contributed by atoms with Crippen molar-refractivity contribution in [2.75, 3.05) is 51.8 Å². The highest BCUT2D eigenvalue weighted by Crippen LogP contribution is 2.14. The van der Waals surface area contributed by atoms with Crippen molar-refractivity contribution >= 4 is 26.0 Å². The number of morpholine rings is 1. The fourth-order valence-electron chi connectivity index (χ4n) is 3.23. The molecule has 0 saturated carbocycles. The van der Waals surface area contributed by atoms with Crippen LogP contribution >= 0.6 is 0 Å². The van der Waals surface area contributed by atoms with E-state index in [0.717, 1.165) is 12.8 Å². The summed E-state index contributed by atoms with van der Waals surface area (Å²) >= 11 is 0. The molecule has 1 amide bonds. The molecule has 3 rings (SSSR count). The maximum Gasteiger partial charge on any atom is 0.251 e. The largest absolute Gasteiger partial charge is 0.379 e. The fourth-order valence-corrected chi connectivity index (χ4v) is 5.62. The molecule has 30 heavy (non-hydrogen) atoms. The van der Waals surface area contributed by atoms with Crippen LogP contribution < -0.4 is 10.0 Å². The van der Waals surface area contributed by atoms with E-state index >= 15 is 0 Å². The highest BCUT2D eigenvalue weighted by Gasteiger charge is 2.24. The predicted octanol–water partition coefficient (Wildman–Crippen LogP) is -0.464. The Kier molecular flexibility index (Phi) is 7.82. The zero-order valence-corrected chi connectivity index (χ0v) is 18.2. The summed E-state index contributed by atoms with van der Waals surface area (Å²) < 4.78 is 63.6. The van der Waals surface area contributed by atoms with Crippen LogP contribution in [0.25, 0.3) is 0 Å². The topological polar surface area (TPSA) is 131 Å². The number of amides is 1. The Morgan fingerprint density at radius 3 is 2.40 bits per heavy atom. The van der Waals surface area contributed by atoms with Gasteiger partial charge in [0.1, 0.15) is 0 Å². The Bertz CT molecular complexity index is 921. The van der Waals surface area contributed by atoms with E-state index in [2.05, 4.69) is 10.0 Å².